The zero-order valence-electron chi connectivity index (χ0n) is 50.6. The minimum absolute atomic E-state index is 0.0442. The molecule has 32 nitrogen and oxygen atoms in total. The zero-order valence-corrected chi connectivity index (χ0v) is 50.6. The van der Waals surface area contributed by atoms with Gasteiger partial charge in [-0.15, -0.1) is 0 Å². The highest BCUT2D eigenvalue weighted by Crippen LogP contribution is 2.25. The van der Waals surface area contributed by atoms with Crippen molar-refractivity contribution in [3.05, 3.63) is 35.9 Å². The molecule has 1 heterocycles. The van der Waals surface area contributed by atoms with E-state index in [0.29, 0.717) is 0 Å². The number of esters is 1. The lowest BCUT2D eigenvalue weighted by Crippen LogP contribution is -2.64. The summed E-state index contributed by atoms with van der Waals surface area (Å²) in [7, 11) is 0. The van der Waals surface area contributed by atoms with Gasteiger partial charge in [-0.3, -0.25) is 57.7 Å². The Bertz CT molecular complexity index is 2550. The Morgan fingerprint density at radius 3 is 1.79 bits per heavy atom. The molecule has 2 rings (SSSR count). The predicted molar refractivity (Wildman–Crippen MR) is 312 cm³/mol. The second kappa shape index (κ2) is 36.8. The first-order valence-corrected chi connectivity index (χ1v) is 28.7. The van der Waals surface area contributed by atoms with Gasteiger partial charge < -0.3 is 101 Å². The number of guanidine groups is 1. The smallest absolute Gasteiger partial charge is 0.331 e. The molecule has 0 aromatic heterocycles. The summed E-state index contributed by atoms with van der Waals surface area (Å²) in [6.07, 6.45) is -8.41. The van der Waals surface area contributed by atoms with E-state index in [0.717, 1.165) is 6.92 Å². The molecule has 0 aliphatic carbocycles. The molecule has 488 valence electrons. The van der Waals surface area contributed by atoms with Gasteiger partial charge in [-0.25, -0.2) is 4.79 Å². The highest BCUT2D eigenvalue weighted by molar-refractivity contribution is 6.00. The number of primary amides is 1. The van der Waals surface area contributed by atoms with E-state index in [2.05, 4.69) is 47.5 Å². The Labute approximate surface area is 504 Å². The van der Waals surface area contributed by atoms with Crippen LogP contribution in [0.25, 0.3) is 0 Å². The largest absolute Gasteiger partial charge is 0.453 e. The molecule has 1 aromatic rings. The number of hydrogen-bond acceptors (Lipinski definition) is 19. The number of hydrogen-bond donors (Lipinski definition) is 18. The molecular formula is C55H91N15O17. The quantitative estimate of drug-likeness (QED) is 0.0222. The average molecular weight is 1230 g/mol. The number of rotatable bonds is 22. The lowest BCUT2D eigenvalue weighted by molar-refractivity contribution is -0.159. The van der Waals surface area contributed by atoms with Crippen molar-refractivity contribution in [1.82, 2.24) is 53.2 Å². The van der Waals surface area contributed by atoms with Gasteiger partial charge in [0.15, 0.2) is 24.2 Å². The second-order valence-corrected chi connectivity index (χ2v) is 22.4. The van der Waals surface area contributed by atoms with E-state index in [-0.39, 0.29) is 75.0 Å². The number of aliphatic imine (C=N–C) groups is 1. The molecule has 3 unspecified atom stereocenters. The van der Waals surface area contributed by atoms with E-state index in [1.807, 2.05) is 10.6 Å². The number of ether oxygens (including phenoxy) is 1. The SMILES string of the molecule is CC[C@H](C)[C@@H]1NC(=O)[C@H](CCCN=C(N)N)NC(=O)[C@H](CC(C)C)NC(=O)[C@H](C(O)C(C)C)NC(=O)[C@@H](NC(=O)[C@H](CC(C)C)NC(=O)CCN)C(c2ccccc2)OC(=O)[C@H](CO)NC(=O)[C@H](C(O)C(N)=O)NC(=O)CNC(=O)[C@H]([C@@H](C)O)NC1=O. The van der Waals surface area contributed by atoms with Crippen LogP contribution in [0.3, 0.4) is 0 Å². The molecule has 0 saturated carbocycles. The van der Waals surface area contributed by atoms with Crippen LogP contribution in [0, 0.1) is 23.7 Å². The number of carbonyl (C=O) groups excluding carboxylic acids is 12. The number of nitrogens with zero attached hydrogens (tertiary/aromatic N) is 1. The van der Waals surface area contributed by atoms with E-state index in [1.165, 1.54) is 44.2 Å². The Kier molecular flexibility index (Phi) is 31.7. The van der Waals surface area contributed by atoms with Gasteiger partial charge in [-0.1, -0.05) is 92.1 Å². The van der Waals surface area contributed by atoms with Crippen LogP contribution in [0.4, 0.5) is 0 Å². The third kappa shape index (κ3) is 24.7. The molecule has 14 atom stereocenters. The van der Waals surface area contributed by atoms with Crippen LogP contribution >= 0.6 is 0 Å². The van der Waals surface area contributed by atoms with Crippen molar-refractivity contribution in [1.29, 1.82) is 0 Å². The Balaban J connectivity index is 3.11. The Morgan fingerprint density at radius 2 is 1.25 bits per heavy atom. The number of amides is 11. The van der Waals surface area contributed by atoms with E-state index in [9.17, 15) is 73.2 Å². The summed E-state index contributed by atoms with van der Waals surface area (Å²) in [5, 5.41) is 67.7. The monoisotopic (exact) mass is 1230 g/mol. The van der Waals surface area contributed by atoms with Gasteiger partial charge in [-0.2, -0.15) is 0 Å². The number of aliphatic hydroxyl groups excluding tert-OH is 4. The lowest BCUT2D eigenvalue weighted by atomic mass is 9.95. The third-order valence-electron chi connectivity index (χ3n) is 13.8. The summed E-state index contributed by atoms with van der Waals surface area (Å²) >= 11 is 0. The summed E-state index contributed by atoms with van der Waals surface area (Å²) in [5.41, 5.74) is 21.9. The summed E-state index contributed by atoms with van der Waals surface area (Å²) < 4.78 is 5.88. The molecular weight excluding hydrogens is 1140 g/mol. The maximum atomic E-state index is 15.2. The molecule has 22 N–H and O–H groups in total. The second-order valence-electron chi connectivity index (χ2n) is 22.4. The Hall–Kier alpha value is -8.07. The van der Waals surface area contributed by atoms with Gasteiger partial charge in [0.05, 0.1) is 25.4 Å². The summed E-state index contributed by atoms with van der Waals surface area (Å²) in [6, 6.07) is -9.54. The molecule has 1 aliphatic heterocycles. The first-order chi connectivity index (χ1) is 40.8. The maximum Gasteiger partial charge on any atom is 0.331 e. The summed E-state index contributed by atoms with van der Waals surface area (Å²) in [6.45, 7) is 11.6. The van der Waals surface area contributed by atoms with Crippen molar-refractivity contribution in [2.75, 3.05) is 26.2 Å². The topological polar surface area (TPSA) is 532 Å². The summed E-state index contributed by atoms with van der Waals surface area (Å²) in [4.78, 5) is 172. The summed E-state index contributed by atoms with van der Waals surface area (Å²) in [5.74, 6) is -17.0. The molecule has 11 amide bonds. The molecule has 0 spiro atoms. The average Bonchev–Trinajstić information content (AvgIpc) is 3.61. The van der Waals surface area contributed by atoms with Crippen molar-refractivity contribution >= 4 is 76.9 Å². The predicted octanol–water partition coefficient (Wildman–Crippen LogP) is -6.46. The van der Waals surface area contributed by atoms with E-state index in [4.69, 9.17) is 27.7 Å². The van der Waals surface area contributed by atoms with Gasteiger partial charge in [0.25, 0.3) is 0 Å². The van der Waals surface area contributed by atoms with Gasteiger partial charge in [0, 0.05) is 19.5 Å². The minimum Gasteiger partial charge on any atom is -0.453 e. The van der Waals surface area contributed by atoms with Crippen LogP contribution < -0.4 is 76.1 Å². The molecule has 87 heavy (non-hydrogen) atoms. The fraction of sp³-hybridized carbons (Fsp3) is 0.655. The normalized spacial score (nSPS) is 24.7. The number of carbonyl (C=O) groups is 12. The number of nitrogens with one attached hydrogen (secondary N) is 10. The third-order valence-corrected chi connectivity index (χ3v) is 13.8. The molecule has 0 bridgehead atoms. The van der Waals surface area contributed by atoms with E-state index < -0.39 is 175 Å². The number of nitrogens with two attached hydrogens (primary N) is 4. The molecule has 1 saturated heterocycles. The maximum absolute atomic E-state index is 15.2. The van der Waals surface area contributed by atoms with Crippen LogP contribution in [0.2, 0.25) is 0 Å². The van der Waals surface area contributed by atoms with Gasteiger partial charge >= 0.3 is 5.97 Å². The zero-order chi connectivity index (χ0) is 66.0. The molecule has 1 aliphatic rings. The molecule has 1 aromatic carbocycles. The first kappa shape index (κ1) is 75.0. The molecule has 1 fully saturated rings. The number of aliphatic hydroxyl groups is 4. The van der Waals surface area contributed by atoms with Crippen LogP contribution in [-0.4, -0.2) is 196 Å². The highest BCUT2D eigenvalue weighted by Gasteiger charge is 2.43. The van der Waals surface area contributed by atoms with Crippen molar-refractivity contribution in [3.63, 3.8) is 0 Å². The van der Waals surface area contributed by atoms with Crippen LogP contribution in [0.15, 0.2) is 35.3 Å². The standard InChI is InChI=1S/C55H91N15O17/c1-10-28(8)37-50(82)68-38(29(9)72)49(81)61-23-36(74)66-40(43(76)45(57)77)52(84)65-34(24-71)54(86)87-44(30-15-12-11-13-16-30)41(70-48(80)32(21-25(2)3)62-35(73)18-19-56)53(85)69-39(42(75)27(6)7)51(83)64-33(22-26(4)5)47(79)63-31(46(78)67-37)17-14-20-60-55(58)59/h11-13,15-16,25-29,31-34,37-44,71-72,75-76H,10,14,17-24,56H2,1-9H3,(H2,57,77)(H,61,81)(H,62,73)(H,63,79)(H,64,83)(H,65,84)(H,66,74)(H,67,78)(H,68,82)(H,69,85)(H,70,80)(H4,58,59,60)/t28-,29+,31-,32-,33-,34-,37-,38-,39-,40-,41-,42?,43?,44?/m0/s1. The van der Waals surface area contributed by atoms with E-state index in [1.54, 1.807) is 41.5 Å². The van der Waals surface area contributed by atoms with Crippen molar-refractivity contribution in [2.45, 2.75) is 180 Å². The van der Waals surface area contributed by atoms with E-state index >= 15 is 4.79 Å². The van der Waals surface area contributed by atoms with Crippen LogP contribution in [-0.2, 0) is 62.3 Å². The van der Waals surface area contributed by atoms with Gasteiger partial charge in [0.2, 0.25) is 65.0 Å². The number of benzene rings is 1. The fourth-order valence-electron chi connectivity index (χ4n) is 8.75. The van der Waals surface area contributed by atoms with Crippen LogP contribution in [0.5, 0.6) is 0 Å². The van der Waals surface area contributed by atoms with Gasteiger partial charge in [0.1, 0.15) is 48.3 Å². The van der Waals surface area contributed by atoms with Crippen molar-refractivity contribution < 1.29 is 82.7 Å². The number of cyclic esters (lactones) is 1. The first-order valence-electron chi connectivity index (χ1n) is 28.7. The van der Waals surface area contributed by atoms with Crippen LogP contribution in [0.1, 0.15) is 113 Å². The minimum atomic E-state index is -2.57. The fourth-order valence-corrected chi connectivity index (χ4v) is 8.75. The lowest BCUT2D eigenvalue weighted by Gasteiger charge is -2.33. The highest BCUT2D eigenvalue weighted by atomic mass is 16.5. The molecule has 0 radical (unpaired) electrons. The van der Waals surface area contributed by atoms with Gasteiger partial charge in [-0.05, 0) is 61.8 Å². The van der Waals surface area contributed by atoms with Crippen molar-refractivity contribution in [3.8, 4) is 0 Å². The van der Waals surface area contributed by atoms with Crippen molar-refractivity contribution in [2.24, 2.45) is 51.6 Å². The molecule has 32 heteroatoms. The Morgan fingerprint density at radius 1 is 0.690 bits per heavy atom.